The van der Waals surface area contributed by atoms with Crippen molar-refractivity contribution in [2.75, 3.05) is 7.11 Å². The van der Waals surface area contributed by atoms with Crippen LogP contribution in [0.1, 0.15) is 18.4 Å². The first-order valence-electron chi connectivity index (χ1n) is 4.42. The van der Waals surface area contributed by atoms with E-state index in [9.17, 15) is 0 Å². The van der Waals surface area contributed by atoms with Crippen LogP contribution in [0.3, 0.4) is 0 Å². The molecule has 0 spiro atoms. The average molecular weight is 187 g/mol. The normalized spacial score (nSPS) is 11.5. The highest BCUT2D eigenvalue weighted by Crippen LogP contribution is 2.23. The molecular weight excluding hydrogens is 174 g/mol. The lowest BCUT2D eigenvalue weighted by atomic mass is 9.95. The monoisotopic (exact) mass is 187 g/mol. The van der Waals surface area contributed by atoms with Crippen molar-refractivity contribution in [2.24, 2.45) is 0 Å². The van der Waals surface area contributed by atoms with Crippen LogP contribution >= 0.6 is 0 Å². The third-order valence-corrected chi connectivity index (χ3v) is 2.28. The van der Waals surface area contributed by atoms with Gasteiger partial charge in [-0.05, 0) is 17.7 Å². The Morgan fingerprint density at radius 1 is 1.43 bits per heavy atom. The number of hydrogen-bond donors (Lipinski definition) is 0. The molecule has 14 heavy (non-hydrogen) atoms. The fourth-order valence-corrected chi connectivity index (χ4v) is 1.19. The van der Waals surface area contributed by atoms with Crippen molar-refractivity contribution < 1.29 is 4.74 Å². The third-order valence-electron chi connectivity index (χ3n) is 2.28. The highest BCUT2D eigenvalue weighted by atomic mass is 16.5. The van der Waals surface area contributed by atoms with Gasteiger partial charge in [-0.15, -0.1) is 0 Å². The van der Waals surface area contributed by atoms with Gasteiger partial charge in [0.25, 0.3) is 0 Å². The van der Waals surface area contributed by atoms with Crippen molar-refractivity contribution in [2.45, 2.75) is 12.8 Å². The number of hydrogen-bond acceptors (Lipinski definition) is 2. The van der Waals surface area contributed by atoms with E-state index in [0.29, 0.717) is 5.57 Å². The maximum Gasteiger partial charge on any atom is 0.118 e. The summed E-state index contributed by atoms with van der Waals surface area (Å²) in [5, 5.41) is 8.69. The summed E-state index contributed by atoms with van der Waals surface area (Å²) in [4.78, 5) is 0. The molecule has 0 aromatic heterocycles. The molecule has 1 aromatic rings. The molecule has 0 aliphatic rings. The molecule has 1 atom stereocenters. The maximum atomic E-state index is 8.69. The van der Waals surface area contributed by atoms with Crippen LogP contribution in [0.25, 0.3) is 0 Å². The van der Waals surface area contributed by atoms with Crippen molar-refractivity contribution in [1.82, 2.24) is 0 Å². The number of benzene rings is 1. The second-order valence-electron chi connectivity index (χ2n) is 3.13. The minimum Gasteiger partial charge on any atom is -0.497 e. The predicted octanol–water partition coefficient (Wildman–Crippen LogP) is 2.88. The molecule has 0 amide bonds. The lowest BCUT2D eigenvalue weighted by Crippen LogP contribution is -1.95. The smallest absolute Gasteiger partial charge is 0.118 e. The van der Waals surface area contributed by atoms with E-state index >= 15 is 0 Å². The Morgan fingerprint density at radius 3 is 2.43 bits per heavy atom. The minimum atomic E-state index is 0.0749. The van der Waals surface area contributed by atoms with Crippen LogP contribution in [0.4, 0.5) is 0 Å². The SMILES string of the molecule is C=C(C#N)C(C)c1ccc(OC)cc1. The summed E-state index contributed by atoms with van der Waals surface area (Å²) in [5.74, 6) is 0.898. The zero-order valence-electron chi connectivity index (χ0n) is 8.45. The van der Waals surface area contributed by atoms with E-state index < -0.39 is 0 Å². The number of allylic oxidation sites excluding steroid dienone is 1. The van der Waals surface area contributed by atoms with Crippen LogP contribution < -0.4 is 4.74 Å². The number of rotatable bonds is 3. The summed E-state index contributed by atoms with van der Waals surface area (Å²) in [7, 11) is 1.63. The quantitative estimate of drug-likeness (QED) is 0.681. The molecule has 0 radical (unpaired) electrons. The highest BCUT2D eigenvalue weighted by Gasteiger charge is 2.08. The van der Waals surface area contributed by atoms with E-state index in [4.69, 9.17) is 10.00 Å². The van der Waals surface area contributed by atoms with Crippen molar-refractivity contribution in [3.63, 3.8) is 0 Å². The molecule has 0 heterocycles. The fraction of sp³-hybridized carbons (Fsp3) is 0.250. The van der Waals surface area contributed by atoms with E-state index in [2.05, 4.69) is 12.6 Å². The molecule has 0 N–H and O–H groups in total. The van der Waals surface area contributed by atoms with Crippen molar-refractivity contribution in [1.29, 1.82) is 5.26 Å². The van der Waals surface area contributed by atoms with Crippen LogP contribution in [-0.2, 0) is 0 Å². The van der Waals surface area contributed by atoms with Gasteiger partial charge in [-0.1, -0.05) is 25.6 Å². The van der Waals surface area contributed by atoms with Crippen molar-refractivity contribution >= 4 is 0 Å². The molecule has 0 aliphatic heterocycles. The second kappa shape index (κ2) is 4.48. The summed E-state index contributed by atoms with van der Waals surface area (Å²) >= 11 is 0. The fourth-order valence-electron chi connectivity index (χ4n) is 1.19. The largest absolute Gasteiger partial charge is 0.497 e. The van der Waals surface area contributed by atoms with Gasteiger partial charge in [-0.2, -0.15) is 5.26 Å². The first kappa shape index (κ1) is 10.3. The van der Waals surface area contributed by atoms with E-state index in [0.717, 1.165) is 11.3 Å². The molecule has 0 saturated heterocycles. The Labute approximate surface area is 84.4 Å². The Hall–Kier alpha value is -1.75. The van der Waals surface area contributed by atoms with E-state index in [1.807, 2.05) is 31.2 Å². The third kappa shape index (κ3) is 2.14. The number of nitrogens with zero attached hydrogens (tertiary/aromatic N) is 1. The van der Waals surface area contributed by atoms with Crippen LogP contribution in [0.15, 0.2) is 36.4 Å². The highest BCUT2D eigenvalue weighted by molar-refractivity contribution is 5.36. The number of ether oxygens (including phenoxy) is 1. The van der Waals surface area contributed by atoms with E-state index in [1.54, 1.807) is 7.11 Å². The standard InChI is InChI=1S/C12H13NO/c1-9(8-13)10(2)11-4-6-12(14-3)7-5-11/h4-7,10H,1H2,2-3H3. The van der Waals surface area contributed by atoms with Crippen LogP contribution in [0, 0.1) is 11.3 Å². The Kier molecular flexibility index (Phi) is 3.30. The molecule has 72 valence electrons. The van der Waals surface area contributed by atoms with Gasteiger partial charge in [0, 0.05) is 11.5 Å². The van der Waals surface area contributed by atoms with E-state index in [1.165, 1.54) is 0 Å². The first-order chi connectivity index (χ1) is 6.69. The zero-order chi connectivity index (χ0) is 10.6. The predicted molar refractivity (Wildman–Crippen MR) is 56.2 cm³/mol. The van der Waals surface area contributed by atoms with Crippen LogP contribution in [-0.4, -0.2) is 7.11 Å². The second-order valence-corrected chi connectivity index (χ2v) is 3.13. The van der Waals surface area contributed by atoms with Gasteiger partial charge in [-0.3, -0.25) is 0 Å². The molecule has 2 heteroatoms. The zero-order valence-corrected chi connectivity index (χ0v) is 8.45. The summed E-state index contributed by atoms with van der Waals surface area (Å²) < 4.78 is 5.05. The van der Waals surface area contributed by atoms with Gasteiger partial charge in [0.1, 0.15) is 5.75 Å². The van der Waals surface area contributed by atoms with Gasteiger partial charge in [-0.25, -0.2) is 0 Å². The number of nitriles is 1. The van der Waals surface area contributed by atoms with Crippen molar-refractivity contribution in [3.05, 3.63) is 42.0 Å². The molecule has 0 saturated carbocycles. The van der Waals surface area contributed by atoms with Crippen LogP contribution in [0.5, 0.6) is 5.75 Å². The lowest BCUT2D eigenvalue weighted by molar-refractivity contribution is 0.414. The minimum absolute atomic E-state index is 0.0749. The summed E-state index contributed by atoms with van der Waals surface area (Å²) in [6.45, 7) is 5.67. The first-order valence-corrected chi connectivity index (χ1v) is 4.42. The van der Waals surface area contributed by atoms with Gasteiger partial charge in [0.05, 0.1) is 13.2 Å². The van der Waals surface area contributed by atoms with Gasteiger partial charge in [0.15, 0.2) is 0 Å². The Bertz CT molecular complexity index is 359. The number of methoxy groups -OCH3 is 1. The molecule has 0 bridgehead atoms. The average Bonchev–Trinajstić information content (AvgIpc) is 2.27. The summed E-state index contributed by atoms with van der Waals surface area (Å²) in [6, 6.07) is 9.74. The Morgan fingerprint density at radius 2 is 2.00 bits per heavy atom. The maximum absolute atomic E-state index is 8.69. The molecule has 1 rings (SSSR count). The summed E-state index contributed by atoms with van der Waals surface area (Å²) in [5.41, 5.74) is 1.66. The van der Waals surface area contributed by atoms with Gasteiger partial charge >= 0.3 is 0 Å². The molecule has 1 unspecified atom stereocenters. The topological polar surface area (TPSA) is 33.0 Å². The van der Waals surface area contributed by atoms with Gasteiger partial charge < -0.3 is 4.74 Å². The van der Waals surface area contributed by atoms with E-state index in [-0.39, 0.29) is 5.92 Å². The molecular formula is C12H13NO. The molecule has 1 aromatic carbocycles. The van der Waals surface area contributed by atoms with Gasteiger partial charge in [0.2, 0.25) is 0 Å². The lowest BCUT2D eigenvalue weighted by Gasteiger charge is -2.09. The van der Waals surface area contributed by atoms with Crippen molar-refractivity contribution in [3.8, 4) is 11.8 Å². The molecule has 0 fully saturated rings. The molecule has 2 nitrogen and oxygen atoms in total. The summed E-state index contributed by atoms with van der Waals surface area (Å²) in [6.07, 6.45) is 0. The Balaban J connectivity index is 2.88. The van der Waals surface area contributed by atoms with Crippen LogP contribution in [0.2, 0.25) is 0 Å². The molecule has 0 aliphatic carbocycles.